The Morgan fingerprint density at radius 2 is 0.774 bits per heavy atom. The summed E-state index contributed by atoms with van der Waals surface area (Å²) in [6.45, 7) is 28.0. The van der Waals surface area contributed by atoms with Gasteiger partial charge in [-0.25, -0.2) is 0 Å². The number of hydrogen-bond donors (Lipinski definition) is 0. The second-order valence-corrected chi connectivity index (χ2v) is 24.5. The Bertz CT molecular complexity index is 1020. The standard InChI is InChI=1S/C58H115NO3/c1-13-15-17-19-21-23-25-27-28-29-31-33-35-37-39-44-51(43-38-36-34-32-30-26-24-22-20-18-16-14-2)54(60)61-53-49-57(9,10)59(58(11,12)50-53)62-52(46-42-48-56(6,7)8)45-40-41-47-55(3,4)5/h51-53H,13-50H2,1-12H3. The van der Waals surface area contributed by atoms with Crippen molar-refractivity contribution >= 4 is 5.97 Å². The Labute approximate surface area is 391 Å². The first-order valence-electron chi connectivity index (χ1n) is 28.1. The molecule has 0 aromatic heterocycles. The molecule has 62 heavy (non-hydrogen) atoms. The summed E-state index contributed by atoms with van der Waals surface area (Å²) in [5, 5.41) is 2.34. The lowest BCUT2D eigenvalue weighted by Gasteiger charge is -2.54. The smallest absolute Gasteiger partial charge is 0.309 e. The van der Waals surface area contributed by atoms with Gasteiger partial charge in [-0.05, 0) is 77.0 Å². The predicted octanol–water partition coefficient (Wildman–Crippen LogP) is 19.6. The third-order valence-corrected chi connectivity index (χ3v) is 14.1. The highest BCUT2D eigenvalue weighted by Crippen LogP contribution is 2.42. The number of unbranched alkanes of at least 4 members (excludes halogenated alkanes) is 26. The van der Waals surface area contributed by atoms with Gasteiger partial charge in [0.25, 0.3) is 0 Å². The van der Waals surface area contributed by atoms with Crippen LogP contribution in [-0.2, 0) is 14.4 Å². The average Bonchev–Trinajstić information content (AvgIpc) is 3.17. The van der Waals surface area contributed by atoms with Gasteiger partial charge in [0, 0.05) is 23.9 Å². The van der Waals surface area contributed by atoms with Crippen LogP contribution in [0.1, 0.15) is 327 Å². The van der Waals surface area contributed by atoms with Crippen LogP contribution in [-0.4, -0.2) is 34.3 Å². The number of nitrogens with zero attached hydrogens (tertiary/aromatic N) is 1. The van der Waals surface area contributed by atoms with Crippen LogP contribution in [0.15, 0.2) is 0 Å². The van der Waals surface area contributed by atoms with Crippen molar-refractivity contribution in [3.05, 3.63) is 0 Å². The van der Waals surface area contributed by atoms with Gasteiger partial charge < -0.3 is 4.74 Å². The van der Waals surface area contributed by atoms with E-state index in [1.54, 1.807) is 0 Å². The molecule has 1 rings (SSSR count). The molecule has 0 amide bonds. The zero-order valence-corrected chi connectivity index (χ0v) is 44.8. The lowest BCUT2D eigenvalue weighted by atomic mass is 9.80. The maximum atomic E-state index is 14.2. The summed E-state index contributed by atoms with van der Waals surface area (Å²) in [7, 11) is 0. The second kappa shape index (κ2) is 34.7. The van der Waals surface area contributed by atoms with Gasteiger partial charge in [-0.3, -0.25) is 9.63 Å². The molecule has 4 heteroatoms. The first kappa shape index (κ1) is 59.4. The number of esters is 1. The molecule has 0 saturated carbocycles. The molecule has 1 fully saturated rings. The van der Waals surface area contributed by atoms with Crippen molar-refractivity contribution < 1.29 is 14.4 Å². The number of carbonyl (C=O) groups excluding carboxylic acids is 1. The van der Waals surface area contributed by atoms with Crippen LogP contribution in [0.3, 0.4) is 0 Å². The summed E-state index contributed by atoms with van der Waals surface area (Å²) in [5.41, 5.74) is 0.275. The van der Waals surface area contributed by atoms with Crippen LogP contribution >= 0.6 is 0 Å². The van der Waals surface area contributed by atoms with Crippen LogP contribution < -0.4 is 0 Å². The molecule has 0 radical (unpaired) electrons. The third kappa shape index (κ3) is 32.1. The van der Waals surface area contributed by atoms with Crippen LogP contribution in [0.2, 0.25) is 0 Å². The Balaban J connectivity index is 2.74. The van der Waals surface area contributed by atoms with Crippen LogP contribution in [0.4, 0.5) is 0 Å². The van der Waals surface area contributed by atoms with Gasteiger partial charge in [0.05, 0.1) is 12.0 Å². The molecule has 2 unspecified atom stereocenters. The number of hydroxylamine groups is 2. The SMILES string of the molecule is CCCCCCCCCCCCCCCCCC(CCCCCCCCCCCCCC)C(=O)OC1CC(C)(C)N(OC(CCCCC(C)(C)C)CCCC(C)(C)C)C(C)(C)C1. The third-order valence-electron chi connectivity index (χ3n) is 14.1. The van der Waals surface area contributed by atoms with Gasteiger partial charge in [0.1, 0.15) is 6.10 Å². The van der Waals surface area contributed by atoms with Crippen LogP contribution in [0.25, 0.3) is 0 Å². The zero-order chi connectivity index (χ0) is 46.2. The van der Waals surface area contributed by atoms with Crippen molar-refractivity contribution in [2.24, 2.45) is 16.7 Å². The normalized spacial score (nSPS) is 17.1. The average molecular weight is 875 g/mol. The number of ether oxygens (including phenoxy) is 1. The van der Waals surface area contributed by atoms with Crippen LogP contribution in [0.5, 0.6) is 0 Å². The highest BCUT2D eigenvalue weighted by atomic mass is 16.7. The quantitative estimate of drug-likeness (QED) is 0.0454. The van der Waals surface area contributed by atoms with E-state index in [2.05, 4.69) is 88.1 Å². The van der Waals surface area contributed by atoms with Crippen molar-refractivity contribution in [3.63, 3.8) is 0 Å². The summed E-state index contributed by atoms with van der Waals surface area (Å²) in [6, 6.07) is 0. The summed E-state index contributed by atoms with van der Waals surface area (Å²) < 4.78 is 6.60. The molecule has 2 atom stereocenters. The van der Waals surface area contributed by atoms with Gasteiger partial charge in [-0.1, -0.05) is 248 Å². The summed E-state index contributed by atoms with van der Waals surface area (Å²) >= 11 is 0. The number of piperidine rings is 1. The molecular weight excluding hydrogens is 759 g/mol. The molecule has 4 nitrogen and oxygen atoms in total. The van der Waals surface area contributed by atoms with Gasteiger partial charge >= 0.3 is 5.97 Å². The van der Waals surface area contributed by atoms with Gasteiger partial charge in [-0.2, -0.15) is 5.06 Å². The zero-order valence-electron chi connectivity index (χ0n) is 44.8. The summed E-state index contributed by atoms with van der Waals surface area (Å²) in [4.78, 5) is 21.3. The maximum Gasteiger partial charge on any atom is 0.309 e. The molecule has 1 aliphatic heterocycles. The number of hydrogen-bond acceptors (Lipinski definition) is 4. The Kier molecular flexibility index (Phi) is 33.2. The highest BCUT2D eigenvalue weighted by Gasteiger charge is 2.49. The molecule has 370 valence electrons. The van der Waals surface area contributed by atoms with E-state index < -0.39 is 0 Å². The van der Waals surface area contributed by atoms with Crippen LogP contribution in [0, 0.1) is 16.7 Å². The van der Waals surface area contributed by atoms with E-state index in [0.29, 0.717) is 10.8 Å². The van der Waals surface area contributed by atoms with E-state index >= 15 is 0 Å². The van der Waals surface area contributed by atoms with Crippen molar-refractivity contribution in [2.45, 2.75) is 350 Å². The number of rotatable bonds is 40. The molecule has 0 aromatic carbocycles. The van der Waals surface area contributed by atoms with Gasteiger partial charge in [-0.15, -0.1) is 0 Å². The Hall–Kier alpha value is -0.610. The van der Waals surface area contributed by atoms with Crippen molar-refractivity contribution in [1.82, 2.24) is 5.06 Å². The van der Waals surface area contributed by atoms with Gasteiger partial charge in [0.15, 0.2) is 0 Å². The molecule has 0 aliphatic carbocycles. The molecule has 1 aliphatic rings. The second-order valence-electron chi connectivity index (χ2n) is 24.5. The fourth-order valence-electron chi connectivity index (χ4n) is 10.5. The van der Waals surface area contributed by atoms with Gasteiger partial charge in [0.2, 0.25) is 0 Å². The molecule has 1 heterocycles. The molecule has 0 aromatic rings. The topological polar surface area (TPSA) is 38.8 Å². The molecule has 0 N–H and O–H groups in total. The Morgan fingerprint density at radius 1 is 0.468 bits per heavy atom. The minimum Gasteiger partial charge on any atom is -0.462 e. The first-order valence-corrected chi connectivity index (χ1v) is 28.1. The predicted molar refractivity (Wildman–Crippen MR) is 274 cm³/mol. The minimum absolute atomic E-state index is 0.0425. The van der Waals surface area contributed by atoms with Crippen molar-refractivity contribution in [3.8, 4) is 0 Å². The summed E-state index contributed by atoms with van der Waals surface area (Å²) in [6.07, 6.45) is 49.0. The maximum absolute atomic E-state index is 14.2. The molecule has 0 spiro atoms. The van der Waals surface area contributed by atoms with E-state index in [-0.39, 0.29) is 35.2 Å². The molecule has 1 saturated heterocycles. The van der Waals surface area contributed by atoms with E-state index in [0.717, 1.165) is 51.4 Å². The molecular formula is C58H115NO3. The van der Waals surface area contributed by atoms with E-state index in [1.807, 2.05) is 0 Å². The van der Waals surface area contributed by atoms with E-state index in [4.69, 9.17) is 9.57 Å². The first-order chi connectivity index (χ1) is 29.4. The van der Waals surface area contributed by atoms with Crippen molar-refractivity contribution in [1.29, 1.82) is 0 Å². The lowest BCUT2D eigenvalue weighted by Crippen LogP contribution is -2.63. The molecule has 0 bridgehead atoms. The largest absolute Gasteiger partial charge is 0.462 e. The lowest BCUT2D eigenvalue weighted by molar-refractivity contribution is -0.316. The van der Waals surface area contributed by atoms with Crippen molar-refractivity contribution in [2.75, 3.05) is 0 Å². The van der Waals surface area contributed by atoms with E-state index in [9.17, 15) is 4.79 Å². The Morgan fingerprint density at radius 3 is 1.13 bits per heavy atom. The minimum atomic E-state index is -0.223. The highest BCUT2D eigenvalue weighted by molar-refractivity contribution is 5.72. The summed E-state index contributed by atoms with van der Waals surface area (Å²) in [5.74, 6) is 0.129. The number of carbonyl (C=O) groups is 1. The van der Waals surface area contributed by atoms with E-state index in [1.165, 1.54) is 193 Å². The monoisotopic (exact) mass is 874 g/mol. The fraction of sp³-hybridized carbons (Fsp3) is 0.983. The fourth-order valence-corrected chi connectivity index (χ4v) is 10.5.